The summed E-state index contributed by atoms with van der Waals surface area (Å²) < 4.78 is 70.8. The molecule has 126 valence electrons. The molecule has 9 heteroatoms. The first kappa shape index (κ1) is 16.7. The van der Waals surface area contributed by atoms with Crippen molar-refractivity contribution in [3.05, 3.63) is 63.6 Å². The van der Waals surface area contributed by atoms with E-state index in [1.54, 1.807) is 0 Å². The Morgan fingerprint density at radius 2 is 1.75 bits per heavy atom. The molecule has 0 amide bonds. The summed E-state index contributed by atoms with van der Waals surface area (Å²) in [6, 6.07) is 6.29. The molecular weight excluding hydrogens is 399 g/mol. The van der Waals surface area contributed by atoms with Gasteiger partial charge in [-0.1, -0.05) is 6.07 Å². The maximum Gasteiger partial charge on any atom is 0.416 e. The fourth-order valence-corrected chi connectivity index (χ4v) is 2.71. The van der Waals surface area contributed by atoms with Gasteiger partial charge in [0.2, 0.25) is 5.90 Å². The molecule has 0 fully saturated rings. The van der Waals surface area contributed by atoms with E-state index >= 15 is 0 Å². The predicted molar refractivity (Wildman–Crippen MR) is 80.5 cm³/mol. The average Bonchev–Trinajstić information content (AvgIpc) is 2.95. The molecule has 0 radical (unpaired) electrons. The fourth-order valence-electron chi connectivity index (χ4n) is 2.13. The molecule has 0 bridgehead atoms. The minimum Gasteiger partial charge on any atom is -0.453 e. The second-order valence-corrected chi connectivity index (χ2v) is 5.69. The lowest BCUT2D eigenvalue weighted by atomic mass is 10.2. The predicted octanol–water partition coefficient (Wildman–Crippen LogP) is 4.90. The van der Waals surface area contributed by atoms with Crippen molar-refractivity contribution in [1.29, 1.82) is 0 Å². The molecule has 1 aliphatic heterocycles. The van der Waals surface area contributed by atoms with Crippen molar-refractivity contribution in [1.82, 2.24) is 0 Å². The Hall–Kier alpha value is -2.16. The standard InChI is InChI=1S/C15H8BrF5N2O/c16-9-6-8(15(19,20)21)4-5-12(9)23-7-24-14(22-23)13-10(17)2-1-3-11(13)18/h1-6H,7H2. The molecule has 0 aromatic heterocycles. The van der Waals surface area contributed by atoms with Gasteiger partial charge in [-0.3, -0.25) is 0 Å². The Kier molecular flexibility index (Phi) is 4.20. The van der Waals surface area contributed by atoms with Gasteiger partial charge < -0.3 is 4.74 Å². The van der Waals surface area contributed by atoms with Gasteiger partial charge >= 0.3 is 6.18 Å². The van der Waals surface area contributed by atoms with Crippen molar-refractivity contribution in [3.63, 3.8) is 0 Å². The number of anilines is 1. The van der Waals surface area contributed by atoms with E-state index in [2.05, 4.69) is 21.0 Å². The fraction of sp³-hybridized carbons (Fsp3) is 0.133. The molecule has 0 saturated heterocycles. The van der Waals surface area contributed by atoms with Gasteiger partial charge in [0, 0.05) is 4.47 Å². The van der Waals surface area contributed by atoms with Crippen LogP contribution in [0.15, 0.2) is 46.0 Å². The molecule has 3 nitrogen and oxygen atoms in total. The van der Waals surface area contributed by atoms with Gasteiger partial charge in [-0.15, -0.1) is 5.10 Å². The highest BCUT2D eigenvalue weighted by atomic mass is 79.9. The summed E-state index contributed by atoms with van der Waals surface area (Å²) in [4.78, 5) is 0. The van der Waals surface area contributed by atoms with E-state index in [0.717, 1.165) is 24.3 Å². The van der Waals surface area contributed by atoms with E-state index in [9.17, 15) is 22.0 Å². The smallest absolute Gasteiger partial charge is 0.416 e. The molecule has 24 heavy (non-hydrogen) atoms. The van der Waals surface area contributed by atoms with Crippen molar-refractivity contribution < 1.29 is 26.7 Å². The Balaban J connectivity index is 1.94. The Morgan fingerprint density at radius 3 is 2.33 bits per heavy atom. The van der Waals surface area contributed by atoms with Crippen molar-refractivity contribution in [2.24, 2.45) is 5.10 Å². The van der Waals surface area contributed by atoms with Crippen LogP contribution in [0.25, 0.3) is 0 Å². The van der Waals surface area contributed by atoms with Crippen molar-refractivity contribution in [2.45, 2.75) is 6.18 Å². The maximum absolute atomic E-state index is 13.7. The molecule has 2 aromatic carbocycles. The Bertz CT molecular complexity index is 802. The zero-order valence-corrected chi connectivity index (χ0v) is 13.3. The highest BCUT2D eigenvalue weighted by Gasteiger charge is 2.32. The number of hydrogen-bond acceptors (Lipinski definition) is 3. The van der Waals surface area contributed by atoms with Gasteiger partial charge in [0.05, 0.1) is 11.3 Å². The van der Waals surface area contributed by atoms with E-state index in [1.165, 1.54) is 17.1 Å². The van der Waals surface area contributed by atoms with E-state index in [1.807, 2.05) is 0 Å². The van der Waals surface area contributed by atoms with Crippen LogP contribution >= 0.6 is 15.9 Å². The Labute approximate surface area is 141 Å². The van der Waals surface area contributed by atoms with Gasteiger partial charge in [-0.2, -0.15) is 13.2 Å². The minimum absolute atomic E-state index is 0.125. The quantitative estimate of drug-likeness (QED) is 0.662. The molecule has 0 atom stereocenters. The molecular formula is C15H8BrF5N2O. The van der Waals surface area contributed by atoms with E-state index in [-0.39, 0.29) is 22.8 Å². The SMILES string of the molecule is Fc1cccc(F)c1C1=NN(c2ccc(C(F)(F)F)cc2Br)CO1. The molecule has 0 saturated carbocycles. The zero-order chi connectivity index (χ0) is 17.5. The second-order valence-electron chi connectivity index (χ2n) is 4.84. The normalized spacial score (nSPS) is 14.6. The van der Waals surface area contributed by atoms with Crippen molar-refractivity contribution >= 4 is 27.5 Å². The van der Waals surface area contributed by atoms with Crippen LogP contribution in [0.3, 0.4) is 0 Å². The molecule has 0 unspecified atom stereocenters. The summed E-state index contributed by atoms with van der Waals surface area (Å²) in [5.74, 6) is -1.97. The van der Waals surface area contributed by atoms with Gasteiger partial charge in [-0.05, 0) is 46.3 Å². The van der Waals surface area contributed by atoms with Crippen molar-refractivity contribution in [3.8, 4) is 0 Å². The molecule has 1 aliphatic rings. The monoisotopic (exact) mass is 406 g/mol. The molecule has 0 aliphatic carbocycles. The lowest BCUT2D eigenvalue weighted by Crippen LogP contribution is -2.14. The van der Waals surface area contributed by atoms with Crippen LogP contribution in [0.2, 0.25) is 0 Å². The summed E-state index contributed by atoms with van der Waals surface area (Å²) in [5.41, 5.74) is -0.986. The molecule has 3 rings (SSSR count). The van der Waals surface area contributed by atoms with Gasteiger partial charge in [0.15, 0.2) is 6.73 Å². The highest BCUT2D eigenvalue weighted by molar-refractivity contribution is 9.10. The third kappa shape index (κ3) is 3.08. The molecule has 0 spiro atoms. The van der Waals surface area contributed by atoms with Crippen LogP contribution in [0.5, 0.6) is 0 Å². The van der Waals surface area contributed by atoms with Crippen molar-refractivity contribution in [2.75, 3.05) is 11.7 Å². The molecule has 0 N–H and O–H groups in total. The zero-order valence-electron chi connectivity index (χ0n) is 11.7. The first-order chi connectivity index (χ1) is 11.3. The summed E-state index contributed by atoms with van der Waals surface area (Å²) in [6.45, 7) is -0.187. The number of alkyl halides is 3. The van der Waals surface area contributed by atoms with E-state index in [0.29, 0.717) is 0 Å². The summed E-state index contributed by atoms with van der Waals surface area (Å²) in [7, 11) is 0. The first-order valence-corrected chi connectivity index (χ1v) is 7.37. The van der Waals surface area contributed by atoms with Crippen LogP contribution in [0, 0.1) is 11.6 Å². The van der Waals surface area contributed by atoms with Gasteiger partial charge in [0.1, 0.15) is 17.2 Å². The number of rotatable bonds is 2. The lowest BCUT2D eigenvalue weighted by Gasteiger charge is -2.15. The van der Waals surface area contributed by atoms with Gasteiger partial charge in [0.25, 0.3) is 0 Å². The molecule has 2 aromatic rings. The number of ether oxygens (including phenoxy) is 1. The minimum atomic E-state index is -4.48. The summed E-state index contributed by atoms with van der Waals surface area (Å²) in [5, 5.41) is 5.14. The maximum atomic E-state index is 13.7. The van der Waals surface area contributed by atoms with E-state index in [4.69, 9.17) is 4.74 Å². The third-order valence-electron chi connectivity index (χ3n) is 3.26. The number of benzene rings is 2. The average molecular weight is 407 g/mol. The van der Waals surface area contributed by atoms with Crippen LogP contribution in [-0.4, -0.2) is 12.6 Å². The van der Waals surface area contributed by atoms with E-state index < -0.39 is 28.9 Å². The number of hydrazone groups is 1. The number of hydrogen-bond donors (Lipinski definition) is 0. The first-order valence-electron chi connectivity index (χ1n) is 6.57. The van der Waals surface area contributed by atoms with Crippen LogP contribution in [0.1, 0.15) is 11.1 Å². The van der Waals surface area contributed by atoms with Crippen LogP contribution < -0.4 is 5.01 Å². The topological polar surface area (TPSA) is 24.8 Å². The third-order valence-corrected chi connectivity index (χ3v) is 3.90. The molecule has 1 heterocycles. The largest absolute Gasteiger partial charge is 0.453 e. The van der Waals surface area contributed by atoms with Gasteiger partial charge in [-0.25, -0.2) is 13.8 Å². The number of nitrogens with zero attached hydrogens (tertiary/aromatic N) is 2. The Morgan fingerprint density at radius 1 is 1.08 bits per heavy atom. The highest BCUT2D eigenvalue weighted by Crippen LogP contribution is 2.36. The summed E-state index contributed by atoms with van der Waals surface area (Å²) in [6.07, 6.45) is -4.48. The number of halogens is 6. The summed E-state index contributed by atoms with van der Waals surface area (Å²) >= 11 is 3.04. The lowest BCUT2D eigenvalue weighted by molar-refractivity contribution is -0.137. The van der Waals surface area contributed by atoms with Crippen LogP contribution in [-0.2, 0) is 10.9 Å². The second kappa shape index (κ2) is 6.04. The van der Waals surface area contributed by atoms with Crippen LogP contribution in [0.4, 0.5) is 27.6 Å².